The molecule has 3 aromatic heterocycles. The van der Waals surface area contributed by atoms with Gasteiger partial charge in [-0.1, -0.05) is 0 Å². The molecular formula is C16H14N4O3. The highest BCUT2D eigenvalue weighted by molar-refractivity contribution is 6.05. The molecule has 2 N–H and O–H groups in total. The predicted molar refractivity (Wildman–Crippen MR) is 81.8 cm³/mol. The number of nitrogens with zero attached hydrogens (tertiary/aromatic N) is 3. The number of hydrogen-bond donors (Lipinski definition) is 2. The van der Waals surface area contributed by atoms with Gasteiger partial charge in [0.15, 0.2) is 11.5 Å². The van der Waals surface area contributed by atoms with E-state index in [0.29, 0.717) is 12.2 Å². The van der Waals surface area contributed by atoms with Crippen molar-refractivity contribution < 1.29 is 14.3 Å². The molecule has 23 heavy (non-hydrogen) atoms. The Morgan fingerprint density at radius 3 is 2.87 bits per heavy atom. The van der Waals surface area contributed by atoms with E-state index < -0.39 is 5.78 Å². The van der Waals surface area contributed by atoms with Crippen molar-refractivity contribution in [3.63, 3.8) is 0 Å². The van der Waals surface area contributed by atoms with Crippen molar-refractivity contribution in [2.75, 3.05) is 0 Å². The first kappa shape index (κ1) is 14.7. The van der Waals surface area contributed by atoms with E-state index in [-0.39, 0.29) is 17.3 Å². The highest BCUT2D eigenvalue weighted by atomic mass is 16.3. The monoisotopic (exact) mass is 310 g/mol. The van der Waals surface area contributed by atoms with Gasteiger partial charge in [0.05, 0.1) is 0 Å². The fourth-order valence-electron chi connectivity index (χ4n) is 2.09. The number of nitrogens with one attached hydrogen (secondary N) is 1. The Hall–Kier alpha value is -3.22. The van der Waals surface area contributed by atoms with E-state index in [2.05, 4.69) is 20.2 Å². The van der Waals surface area contributed by atoms with Crippen molar-refractivity contribution in [3.05, 3.63) is 71.5 Å². The topological polar surface area (TPSA) is 105 Å². The van der Waals surface area contributed by atoms with Gasteiger partial charge in [0.2, 0.25) is 11.6 Å². The molecule has 0 amide bonds. The van der Waals surface area contributed by atoms with Gasteiger partial charge < -0.3 is 9.52 Å². The zero-order valence-corrected chi connectivity index (χ0v) is 12.4. The van der Waals surface area contributed by atoms with Crippen LogP contribution in [0.3, 0.4) is 0 Å². The van der Waals surface area contributed by atoms with Gasteiger partial charge in [-0.2, -0.15) is 5.10 Å². The molecule has 0 saturated carbocycles. The Labute approximate surface area is 131 Å². The van der Waals surface area contributed by atoms with Crippen LogP contribution in [0.25, 0.3) is 5.76 Å². The third-order valence-corrected chi connectivity index (χ3v) is 3.29. The van der Waals surface area contributed by atoms with E-state index in [0.717, 1.165) is 17.2 Å². The molecule has 116 valence electrons. The average Bonchev–Trinajstić information content (AvgIpc) is 3.19. The lowest BCUT2D eigenvalue weighted by molar-refractivity contribution is 0.101. The molecule has 7 nitrogen and oxygen atoms in total. The fraction of sp³-hybridized carbons (Fsp3) is 0.125. The van der Waals surface area contributed by atoms with E-state index in [9.17, 15) is 9.90 Å². The van der Waals surface area contributed by atoms with Crippen molar-refractivity contribution in [1.29, 1.82) is 0 Å². The van der Waals surface area contributed by atoms with E-state index in [1.165, 1.54) is 6.33 Å². The summed E-state index contributed by atoms with van der Waals surface area (Å²) >= 11 is 0. The Kier molecular flexibility index (Phi) is 4.01. The van der Waals surface area contributed by atoms with Crippen LogP contribution >= 0.6 is 0 Å². The van der Waals surface area contributed by atoms with E-state index in [1.54, 1.807) is 18.5 Å². The van der Waals surface area contributed by atoms with E-state index in [4.69, 9.17) is 4.42 Å². The summed E-state index contributed by atoms with van der Waals surface area (Å²) in [5.74, 6) is 0.148. The van der Waals surface area contributed by atoms with Crippen molar-refractivity contribution >= 4 is 11.5 Å². The Morgan fingerprint density at radius 1 is 1.39 bits per heavy atom. The predicted octanol–water partition coefficient (Wildman–Crippen LogP) is 2.47. The molecular weight excluding hydrogens is 296 g/mol. The number of allylic oxidation sites excluding steroid dienone is 1. The first-order valence-electron chi connectivity index (χ1n) is 6.93. The number of pyridine rings is 1. The highest BCUT2D eigenvalue weighted by Crippen LogP contribution is 2.19. The number of aliphatic hydroxyl groups excluding tert-OH is 1. The van der Waals surface area contributed by atoms with Crippen molar-refractivity contribution in [3.8, 4) is 0 Å². The SMILES string of the molecule is Cc1cc(C(=O)C=C(O)c2nc[nH]n2)oc1Cc1ccncc1. The molecule has 0 saturated heterocycles. The summed E-state index contributed by atoms with van der Waals surface area (Å²) in [6, 6.07) is 5.43. The second-order valence-electron chi connectivity index (χ2n) is 4.97. The average molecular weight is 310 g/mol. The maximum atomic E-state index is 12.2. The van der Waals surface area contributed by atoms with Crippen molar-refractivity contribution in [2.45, 2.75) is 13.3 Å². The van der Waals surface area contributed by atoms with Gasteiger partial charge >= 0.3 is 0 Å². The smallest absolute Gasteiger partial charge is 0.224 e. The number of rotatable bonds is 5. The number of aryl methyl sites for hydroxylation is 1. The highest BCUT2D eigenvalue weighted by Gasteiger charge is 2.15. The molecule has 0 aromatic carbocycles. The first-order valence-corrected chi connectivity index (χ1v) is 6.93. The summed E-state index contributed by atoms with van der Waals surface area (Å²) in [4.78, 5) is 19.9. The number of aliphatic hydroxyl groups is 1. The molecule has 0 aliphatic heterocycles. The normalized spacial score (nSPS) is 11.6. The summed E-state index contributed by atoms with van der Waals surface area (Å²) in [7, 11) is 0. The van der Waals surface area contributed by atoms with Gasteiger partial charge in [-0.25, -0.2) is 4.98 Å². The number of furan rings is 1. The molecule has 0 bridgehead atoms. The summed E-state index contributed by atoms with van der Waals surface area (Å²) < 4.78 is 5.62. The molecule has 0 atom stereocenters. The number of hydrogen-bond acceptors (Lipinski definition) is 6. The van der Waals surface area contributed by atoms with Crippen LogP contribution in [0.4, 0.5) is 0 Å². The Bertz CT molecular complexity index is 836. The molecule has 0 aliphatic rings. The number of aromatic nitrogens is 4. The minimum atomic E-state index is -0.448. The van der Waals surface area contributed by atoms with Crippen LogP contribution in [0.15, 0.2) is 47.4 Å². The summed E-state index contributed by atoms with van der Waals surface area (Å²) in [5, 5.41) is 16.0. The Balaban J connectivity index is 1.80. The lowest BCUT2D eigenvalue weighted by Crippen LogP contribution is -1.96. The molecule has 3 heterocycles. The van der Waals surface area contributed by atoms with Crippen LogP contribution < -0.4 is 0 Å². The maximum Gasteiger partial charge on any atom is 0.224 e. The quantitative estimate of drug-likeness (QED) is 0.426. The number of aromatic amines is 1. The number of ketones is 1. The molecule has 0 aliphatic carbocycles. The Morgan fingerprint density at radius 2 is 2.17 bits per heavy atom. The molecule has 3 aromatic rings. The molecule has 0 spiro atoms. The van der Waals surface area contributed by atoms with Crippen LogP contribution in [0.5, 0.6) is 0 Å². The van der Waals surface area contributed by atoms with Crippen LogP contribution in [0.1, 0.15) is 33.3 Å². The summed E-state index contributed by atoms with van der Waals surface area (Å²) in [6.07, 6.45) is 6.33. The molecule has 0 fully saturated rings. The largest absolute Gasteiger partial charge is 0.504 e. The molecule has 0 radical (unpaired) electrons. The van der Waals surface area contributed by atoms with Crippen LogP contribution in [-0.2, 0) is 6.42 Å². The van der Waals surface area contributed by atoms with Gasteiger partial charge in [-0.15, -0.1) is 0 Å². The standard InChI is InChI=1S/C16H14N4O3/c1-10-6-15(12(21)8-13(22)16-18-9-19-20-16)23-14(10)7-11-2-4-17-5-3-11/h2-6,8-9,22H,7H2,1H3,(H,18,19,20). The number of carbonyl (C=O) groups is 1. The third-order valence-electron chi connectivity index (χ3n) is 3.29. The van der Waals surface area contributed by atoms with Gasteiger partial charge in [0, 0.05) is 24.9 Å². The minimum absolute atomic E-state index is 0.0543. The second kappa shape index (κ2) is 6.27. The van der Waals surface area contributed by atoms with Gasteiger partial charge in [0.1, 0.15) is 12.1 Å². The molecule has 7 heteroatoms. The number of carbonyl (C=O) groups excluding carboxylic acids is 1. The van der Waals surface area contributed by atoms with Gasteiger partial charge in [0.25, 0.3) is 0 Å². The third kappa shape index (κ3) is 3.34. The van der Waals surface area contributed by atoms with Gasteiger partial charge in [-0.3, -0.25) is 14.9 Å². The summed E-state index contributed by atoms with van der Waals surface area (Å²) in [6.45, 7) is 1.87. The lowest BCUT2D eigenvalue weighted by Gasteiger charge is -1.98. The van der Waals surface area contributed by atoms with Crippen LogP contribution in [0, 0.1) is 6.92 Å². The zero-order valence-electron chi connectivity index (χ0n) is 12.4. The molecule has 0 unspecified atom stereocenters. The molecule has 3 rings (SSSR count). The first-order chi connectivity index (χ1) is 11.1. The zero-order chi connectivity index (χ0) is 16.2. The summed E-state index contributed by atoms with van der Waals surface area (Å²) in [5.41, 5.74) is 1.91. The van der Waals surface area contributed by atoms with Crippen molar-refractivity contribution in [2.24, 2.45) is 0 Å². The van der Waals surface area contributed by atoms with Crippen LogP contribution in [0.2, 0.25) is 0 Å². The van der Waals surface area contributed by atoms with E-state index >= 15 is 0 Å². The van der Waals surface area contributed by atoms with Crippen molar-refractivity contribution in [1.82, 2.24) is 20.2 Å². The minimum Gasteiger partial charge on any atom is -0.504 e. The second-order valence-corrected chi connectivity index (χ2v) is 4.97. The van der Waals surface area contributed by atoms with E-state index in [1.807, 2.05) is 19.1 Å². The number of H-pyrrole nitrogens is 1. The van der Waals surface area contributed by atoms with Crippen LogP contribution in [-0.4, -0.2) is 31.1 Å². The van der Waals surface area contributed by atoms with Gasteiger partial charge in [-0.05, 0) is 36.2 Å². The maximum absolute atomic E-state index is 12.2. The lowest BCUT2D eigenvalue weighted by atomic mass is 10.1. The fourth-order valence-corrected chi connectivity index (χ4v) is 2.09.